The molecule has 2 N–H and O–H groups in total. The summed E-state index contributed by atoms with van der Waals surface area (Å²) in [6.07, 6.45) is 3.64. The van der Waals surface area contributed by atoms with Crippen LogP contribution in [0.4, 0.5) is 0 Å². The highest BCUT2D eigenvalue weighted by Gasteiger charge is 2.21. The van der Waals surface area contributed by atoms with Crippen LogP contribution in [0.2, 0.25) is 0 Å². The maximum Gasteiger partial charge on any atom is 0.0443 e. The van der Waals surface area contributed by atoms with Gasteiger partial charge in [-0.1, -0.05) is 13.8 Å². The van der Waals surface area contributed by atoms with Crippen LogP contribution in [0.3, 0.4) is 0 Å². The van der Waals surface area contributed by atoms with Crippen molar-refractivity contribution in [2.24, 2.45) is 5.92 Å². The molecule has 0 spiro atoms. The van der Waals surface area contributed by atoms with E-state index in [-0.39, 0.29) is 0 Å². The number of hydrogen-bond donors (Lipinski definition) is 2. The molecule has 0 aromatic carbocycles. The van der Waals surface area contributed by atoms with E-state index >= 15 is 0 Å². The Labute approximate surface area is 93.9 Å². The first-order chi connectivity index (χ1) is 7.26. The van der Waals surface area contributed by atoms with Crippen molar-refractivity contribution < 1.29 is 5.11 Å². The lowest BCUT2D eigenvalue weighted by molar-refractivity contribution is 0.209. The topological polar surface area (TPSA) is 35.5 Å². The predicted molar refractivity (Wildman–Crippen MR) is 64.0 cm³/mol. The van der Waals surface area contributed by atoms with Crippen molar-refractivity contribution in [3.05, 3.63) is 0 Å². The van der Waals surface area contributed by atoms with Crippen LogP contribution in [0.25, 0.3) is 0 Å². The average Bonchev–Trinajstić information content (AvgIpc) is 3.05. The molecule has 1 saturated carbocycles. The van der Waals surface area contributed by atoms with E-state index in [9.17, 15) is 0 Å². The minimum atomic E-state index is 0.311. The molecule has 0 saturated heterocycles. The summed E-state index contributed by atoms with van der Waals surface area (Å²) >= 11 is 0. The molecule has 0 radical (unpaired) electrons. The van der Waals surface area contributed by atoms with E-state index in [2.05, 4.69) is 24.1 Å². The third-order valence-electron chi connectivity index (χ3n) is 2.98. The van der Waals surface area contributed by atoms with Gasteiger partial charge in [0.2, 0.25) is 0 Å². The van der Waals surface area contributed by atoms with Gasteiger partial charge in [0.25, 0.3) is 0 Å². The lowest BCUT2D eigenvalue weighted by Gasteiger charge is -2.24. The lowest BCUT2D eigenvalue weighted by Crippen LogP contribution is -2.34. The zero-order valence-electron chi connectivity index (χ0n) is 10.2. The third kappa shape index (κ3) is 6.13. The second-order valence-corrected chi connectivity index (χ2v) is 4.76. The fourth-order valence-corrected chi connectivity index (χ4v) is 1.83. The monoisotopic (exact) mass is 214 g/mol. The summed E-state index contributed by atoms with van der Waals surface area (Å²) in [4.78, 5) is 2.43. The van der Waals surface area contributed by atoms with E-state index in [0.29, 0.717) is 12.5 Å². The second-order valence-electron chi connectivity index (χ2n) is 4.76. The van der Waals surface area contributed by atoms with Crippen molar-refractivity contribution in [1.82, 2.24) is 10.2 Å². The van der Waals surface area contributed by atoms with Crippen molar-refractivity contribution in [1.29, 1.82) is 0 Å². The second kappa shape index (κ2) is 7.20. The molecular weight excluding hydrogens is 188 g/mol. The average molecular weight is 214 g/mol. The predicted octanol–water partition coefficient (Wildman–Crippen LogP) is 1.08. The van der Waals surface area contributed by atoms with Gasteiger partial charge in [-0.2, -0.15) is 0 Å². The van der Waals surface area contributed by atoms with E-state index in [0.717, 1.165) is 38.6 Å². The van der Waals surface area contributed by atoms with E-state index in [4.69, 9.17) is 5.11 Å². The molecule has 0 aromatic rings. The molecule has 1 unspecified atom stereocenters. The van der Waals surface area contributed by atoms with Crippen LogP contribution in [0.1, 0.15) is 33.1 Å². The molecule has 0 bridgehead atoms. The molecule has 3 nitrogen and oxygen atoms in total. The van der Waals surface area contributed by atoms with Crippen molar-refractivity contribution in [3.63, 3.8) is 0 Å². The fraction of sp³-hybridized carbons (Fsp3) is 1.00. The Kier molecular flexibility index (Phi) is 6.22. The molecule has 90 valence electrons. The number of aliphatic hydroxyl groups excluding tert-OH is 1. The summed E-state index contributed by atoms with van der Waals surface area (Å²) in [5.41, 5.74) is 0. The molecule has 15 heavy (non-hydrogen) atoms. The summed E-state index contributed by atoms with van der Waals surface area (Å²) in [5.74, 6) is 0.712. The zero-order valence-corrected chi connectivity index (χ0v) is 10.2. The Hall–Kier alpha value is -0.120. The molecule has 1 aliphatic rings. The highest BCUT2D eigenvalue weighted by atomic mass is 16.3. The largest absolute Gasteiger partial charge is 0.396 e. The van der Waals surface area contributed by atoms with Gasteiger partial charge in [0.05, 0.1) is 0 Å². The van der Waals surface area contributed by atoms with Gasteiger partial charge >= 0.3 is 0 Å². The molecule has 0 aromatic heterocycles. The Morgan fingerprint density at radius 1 is 1.47 bits per heavy atom. The summed E-state index contributed by atoms with van der Waals surface area (Å²) < 4.78 is 0. The Bertz CT molecular complexity index is 160. The van der Waals surface area contributed by atoms with Crippen LogP contribution in [-0.4, -0.2) is 48.8 Å². The van der Waals surface area contributed by atoms with Gasteiger partial charge in [0.1, 0.15) is 0 Å². The quantitative estimate of drug-likeness (QED) is 0.603. The molecule has 3 heteroatoms. The molecule has 1 fully saturated rings. The molecule has 1 aliphatic carbocycles. The first-order valence-corrected chi connectivity index (χ1v) is 6.32. The van der Waals surface area contributed by atoms with Crippen LogP contribution in [0, 0.1) is 5.92 Å². The standard InChI is InChI=1S/C12H26N2O/c1-3-14(7-4-8-15)10-11(2)9-13-12-5-6-12/h11-13,15H,3-10H2,1-2H3. The fourth-order valence-electron chi connectivity index (χ4n) is 1.83. The number of aliphatic hydroxyl groups is 1. The van der Waals surface area contributed by atoms with Gasteiger partial charge in [-0.3, -0.25) is 0 Å². The molecule has 0 amide bonds. The number of nitrogens with zero attached hydrogens (tertiary/aromatic N) is 1. The first kappa shape index (κ1) is 12.9. The van der Waals surface area contributed by atoms with Crippen LogP contribution in [0.15, 0.2) is 0 Å². The minimum absolute atomic E-state index is 0.311. The smallest absolute Gasteiger partial charge is 0.0443 e. The third-order valence-corrected chi connectivity index (χ3v) is 2.98. The summed E-state index contributed by atoms with van der Waals surface area (Å²) in [5, 5.41) is 12.4. The van der Waals surface area contributed by atoms with Crippen molar-refractivity contribution in [2.75, 3.05) is 32.8 Å². The normalized spacial score (nSPS) is 18.4. The maximum absolute atomic E-state index is 8.79. The Balaban J connectivity index is 2.05. The van der Waals surface area contributed by atoms with E-state index < -0.39 is 0 Å². The van der Waals surface area contributed by atoms with Crippen LogP contribution >= 0.6 is 0 Å². The Morgan fingerprint density at radius 3 is 2.73 bits per heavy atom. The van der Waals surface area contributed by atoms with Crippen LogP contribution in [0.5, 0.6) is 0 Å². The maximum atomic E-state index is 8.79. The first-order valence-electron chi connectivity index (χ1n) is 6.32. The van der Waals surface area contributed by atoms with Gasteiger partial charge in [0.15, 0.2) is 0 Å². The molecule has 1 rings (SSSR count). The van der Waals surface area contributed by atoms with Gasteiger partial charge in [-0.15, -0.1) is 0 Å². The van der Waals surface area contributed by atoms with Crippen molar-refractivity contribution in [2.45, 2.75) is 39.2 Å². The van der Waals surface area contributed by atoms with E-state index in [1.807, 2.05) is 0 Å². The van der Waals surface area contributed by atoms with Gasteiger partial charge in [-0.25, -0.2) is 0 Å². The highest BCUT2D eigenvalue weighted by Crippen LogP contribution is 2.18. The molecule has 0 heterocycles. The van der Waals surface area contributed by atoms with Crippen molar-refractivity contribution >= 4 is 0 Å². The minimum Gasteiger partial charge on any atom is -0.396 e. The summed E-state index contributed by atoms with van der Waals surface area (Å²) in [6, 6.07) is 0.819. The van der Waals surface area contributed by atoms with Gasteiger partial charge < -0.3 is 15.3 Å². The number of hydrogen-bond acceptors (Lipinski definition) is 3. The number of nitrogens with one attached hydrogen (secondary N) is 1. The summed E-state index contributed by atoms with van der Waals surface area (Å²) in [7, 11) is 0. The highest BCUT2D eigenvalue weighted by molar-refractivity contribution is 4.81. The van der Waals surface area contributed by atoms with Crippen LogP contribution in [-0.2, 0) is 0 Å². The van der Waals surface area contributed by atoms with Gasteiger partial charge in [0, 0.05) is 25.7 Å². The Morgan fingerprint density at radius 2 is 2.20 bits per heavy atom. The molecular formula is C12H26N2O. The van der Waals surface area contributed by atoms with E-state index in [1.54, 1.807) is 0 Å². The number of rotatable bonds is 9. The van der Waals surface area contributed by atoms with Crippen LogP contribution < -0.4 is 5.32 Å². The lowest BCUT2D eigenvalue weighted by atomic mass is 10.1. The van der Waals surface area contributed by atoms with Gasteiger partial charge in [-0.05, 0) is 38.3 Å². The summed E-state index contributed by atoms with van der Waals surface area (Å²) in [6.45, 7) is 9.21. The van der Waals surface area contributed by atoms with Crippen molar-refractivity contribution in [3.8, 4) is 0 Å². The molecule has 0 aliphatic heterocycles. The van der Waals surface area contributed by atoms with E-state index in [1.165, 1.54) is 12.8 Å². The SMILES string of the molecule is CCN(CCCO)CC(C)CNC1CC1. The zero-order chi connectivity index (χ0) is 11.1. The molecule has 1 atom stereocenters.